The summed E-state index contributed by atoms with van der Waals surface area (Å²) in [4.78, 5) is 17.0. The zero-order valence-corrected chi connectivity index (χ0v) is 18.3. The molecule has 0 saturated heterocycles. The molecule has 2 aromatic carbocycles. The minimum atomic E-state index is -0.422. The molecule has 0 saturated carbocycles. The molecule has 30 heavy (non-hydrogen) atoms. The van der Waals surface area contributed by atoms with E-state index in [0.717, 1.165) is 47.7 Å². The number of hydrogen-bond acceptors (Lipinski definition) is 4. The number of carbonyl (C=O) groups excluding carboxylic acids is 1. The summed E-state index contributed by atoms with van der Waals surface area (Å²) < 4.78 is 13.3. The molecule has 0 aliphatic rings. The van der Waals surface area contributed by atoms with Gasteiger partial charge in [0.2, 0.25) is 5.91 Å². The van der Waals surface area contributed by atoms with Crippen molar-refractivity contribution in [1.82, 2.24) is 14.9 Å². The molecular weight excluding hydrogens is 378 g/mol. The highest BCUT2D eigenvalue weighted by Gasteiger charge is 2.21. The SMILES string of the molecule is COc1cccc(OCCCCn2c(CNC(=O)C(C)(C)C)nc3ccccc32)c1. The second-order valence-electron chi connectivity index (χ2n) is 8.34. The van der Waals surface area contributed by atoms with Gasteiger partial charge >= 0.3 is 0 Å². The van der Waals surface area contributed by atoms with Gasteiger partial charge in [-0.05, 0) is 37.1 Å². The van der Waals surface area contributed by atoms with E-state index in [1.807, 2.05) is 63.2 Å². The number of amides is 1. The van der Waals surface area contributed by atoms with E-state index in [0.29, 0.717) is 13.2 Å². The average molecular weight is 410 g/mol. The number of ether oxygens (including phenoxy) is 2. The van der Waals surface area contributed by atoms with Gasteiger partial charge in [0, 0.05) is 18.0 Å². The molecule has 0 aliphatic heterocycles. The summed E-state index contributed by atoms with van der Waals surface area (Å²) in [6, 6.07) is 15.7. The van der Waals surface area contributed by atoms with E-state index in [1.165, 1.54) is 0 Å². The Morgan fingerprint density at radius 2 is 1.83 bits per heavy atom. The van der Waals surface area contributed by atoms with Crippen LogP contribution in [0.3, 0.4) is 0 Å². The van der Waals surface area contributed by atoms with Crippen LogP contribution < -0.4 is 14.8 Å². The normalized spacial score (nSPS) is 11.5. The maximum Gasteiger partial charge on any atom is 0.225 e. The summed E-state index contributed by atoms with van der Waals surface area (Å²) in [6.45, 7) is 7.61. The second-order valence-corrected chi connectivity index (χ2v) is 8.34. The minimum Gasteiger partial charge on any atom is -0.497 e. The molecule has 3 aromatic rings. The number of imidazole rings is 1. The van der Waals surface area contributed by atoms with Crippen molar-refractivity contribution in [2.75, 3.05) is 13.7 Å². The van der Waals surface area contributed by atoms with E-state index in [1.54, 1.807) is 7.11 Å². The maximum atomic E-state index is 12.3. The summed E-state index contributed by atoms with van der Waals surface area (Å²) in [5, 5.41) is 3.02. The van der Waals surface area contributed by atoms with Crippen LogP contribution in [0.5, 0.6) is 11.5 Å². The third-order valence-electron chi connectivity index (χ3n) is 4.91. The molecule has 3 rings (SSSR count). The predicted octanol–water partition coefficient (Wildman–Crippen LogP) is 4.57. The number of hydrogen-bond donors (Lipinski definition) is 1. The Balaban J connectivity index is 1.59. The van der Waals surface area contributed by atoms with E-state index in [-0.39, 0.29) is 5.91 Å². The fourth-order valence-corrected chi connectivity index (χ4v) is 3.19. The molecule has 1 N–H and O–H groups in total. The first-order chi connectivity index (χ1) is 14.4. The van der Waals surface area contributed by atoms with E-state index in [2.05, 4.69) is 16.0 Å². The van der Waals surface area contributed by atoms with Crippen molar-refractivity contribution in [1.29, 1.82) is 0 Å². The van der Waals surface area contributed by atoms with Crippen molar-refractivity contribution in [3.63, 3.8) is 0 Å². The van der Waals surface area contributed by atoms with Crippen LogP contribution in [0.4, 0.5) is 0 Å². The summed E-state index contributed by atoms with van der Waals surface area (Å²) >= 11 is 0. The first-order valence-corrected chi connectivity index (χ1v) is 10.4. The predicted molar refractivity (Wildman–Crippen MR) is 119 cm³/mol. The number of aromatic nitrogens is 2. The quantitative estimate of drug-likeness (QED) is 0.526. The Labute approximate surface area is 178 Å². The molecule has 0 unspecified atom stereocenters. The number of carbonyl (C=O) groups is 1. The van der Waals surface area contributed by atoms with Crippen molar-refractivity contribution in [3.8, 4) is 11.5 Å². The monoisotopic (exact) mass is 409 g/mol. The van der Waals surface area contributed by atoms with Gasteiger partial charge in [0.1, 0.15) is 17.3 Å². The fraction of sp³-hybridized carbons (Fsp3) is 0.417. The topological polar surface area (TPSA) is 65.4 Å². The lowest BCUT2D eigenvalue weighted by atomic mass is 9.96. The van der Waals surface area contributed by atoms with Crippen LogP contribution in [0.1, 0.15) is 39.4 Å². The van der Waals surface area contributed by atoms with E-state index in [9.17, 15) is 4.79 Å². The Bertz CT molecular complexity index is 989. The number of rotatable bonds is 9. The first-order valence-electron chi connectivity index (χ1n) is 10.4. The number of unbranched alkanes of at least 4 members (excludes halogenated alkanes) is 1. The van der Waals surface area contributed by atoms with Gasteiger partial charge < -0.3 is 19.4 Å². The van der Waals surface area contributed by atoms with Crippen LogP contribution in [0.15, 0.2) is 48.5 Å². The van der Waals surface area contributed by atoms with Crippen molar-refractivity contribution < 1.29 is 14.3 Å². The lowest BCUT2D eigenvalue weighted by Crippen LogP contribution is -2.35. The summed E-state index contributed by atoms with van der Waals surface area (Å²) in [5.74, 6) is 2.50. The molecule has 0 spiro atoms. The van der Waals surface area contributed by atoms with Gasteiger partial charge in [-0.2, -0.15) is 0 Å². The van der Waals surface area contributed by atoms with Crippen LogP contribution in [-0.4, -0.2) is 29.2 Å². The van der Waals surface area contributed by atoms with Gasteiger partial charge in [-0.3, -0.25) is 4.79 Å². The van der Waals surface area contributed by atoms with Gasteiger partial charge in [0.05, 0.1) is 31.3 Å². The number of nitrogens with one attached hydrogen (secondary N) is 1. The molecule has 0 aliphatic carbocycles. The Hall–Kier alpha value is -3.02. The van der Waals surface area contributed by atoms with Crippen LogP contribution in [-0.2, 0) is 17.9 Å². The molecule has 0 bridgehead atoms. The summed E-state index contributed by atoms with van der Waals surface area (Å²) in [6.07, 6.45) is 1.86. The molecule has 1 heterocycles. The highest BCUT2D eigenvalue weighted by atomic mass is 16.5. The molecular formula is C24H31N3O3. The van der Waals surface area contributed by atoms with Gasteiger partial charge in [0.25, 0.3) is 0 Å². The molecule has 160 valence electrons. The average Bonchev–Trinajstić information content (AvgIpc) is 3.08. The van der Waals surface area contributed by atoms with Gasteiger partial charge in [-0.1, -0.05) is 39.0 Å². The molecule has 0 atom stereocenters. The van der Waals surface area contributed by atoms with E-state index in [4.69, 9.17) is 14.5 Å². The van der Waals surface area contributed by atoms with E-state index >= 15 is 0 Å². The Kier molecular flexibility index (Phi) is 6.98. The zero-order valence-electron chi connectivity index (χ0n) is 18.3. The van der Waals surface area contributed by atoms with Gasteiger partial charge in [-0.25, -0.2) is 4.98 Å². The lowest BCUT2D eigenvalue weighted by molar-refractivity contribution is -0.128. The zero-order chi connectivity index (χ0) is 21.6. The third-order valence-corrected chi connectivity index (χ3v) is 4.91. The maximum absolute atomic E-state index is 12.3. The number of benzene rings is 2. The van der Waals surface area contributed by atoms with E-state index < -0.39 is 5.41 Å². The van der Waals surface area contributed by atoms with Crippen molar-refractivity contribution in [2.24, 2.45) is 5.41 Å². The first kappa shape index (κ1) is 21.7. The van der Waals surface area contributed by atoms with Crippen LogP contribution in [0.2, 0.25) is 0 Å². The molecule has 0 fully saturated rings. The largest absolute Gasteiger partial charge is 0.497 e. The van der Waals surface area contributed by atoms with Crippen LogP contribution >= 0.6 is 0 Å². The van der Waals surface area contributed by atoms with Crippen molar-refractivity contribution in [3.05, 3.63) is 54.4 Å². The third kappa shape index (κ3) is 5.53. The highest BCUT2D eigenvalue weighted by Crippen LogP contribution is 2.20. The highest BCUT2D eigenvalue weighted by molar-refractivity contribution is 5.81. The minimum absolute atomic E-state index is 0.0211. The summed E-state index contributed by atoms with van der Waals surface area (Å²) in [7, 11) is 1.65. The Morgan fingerprint density at radius 3 is 2.60 bits per heavy atom. The number of aryl methyl sites for hydroxylation is 1. The number of methoxy groups -OCH3 is 1. The van der Waals surface area contributed by atoms with Crippen molar-refractivity contribution in [2.45, 2.75) is 46.7 Å². The van der Waals surface area contributed by atoms with Crippen LogP contribution in [0, 0.1) is 5.41 Å². The summed E-state index contributed by atoms with van der Waals surface area (Å²) in [5.41, 5.74) is 1.62. The molecule has 1 aromatic heterocycles. The second kappa shape index (κ2) is 9.65. The molecule has 6 heteroatoms. The number of nitrogens with zero attached hydrogens (tertiary/aromatic N) is 2. The molecule has 1 amide bonds. The number of fused-ring (bicyclic) bond motifs is 1. The standard InChI is InChI=1S/C24H31N3O3/c1-24(2,3)23(28)25-17-22-26-20-12-5-6-13-21(20)27(22)14-7-8-15-30-19-11-9-10-18(16-19)29-4/h5-6,9-13,16H,7-8,14-15,17H2,1-4H3,(H,25,28). The van der Waals surface area contributed by atoms with Crippen LogP contribution in [0.25, 0.3) is 11.0 Å². The smallest absolute Gasteiger partial charge is 0.225 e. The molecule has 6 nitrogen and oxygen atoms in total. The molecule has 0 radical (unpaired) electrons. The number of para-hydroxylation sites is 2. The van der Waals surface area contributed by atoms with Crippen molar-refractivity contribution >= 4 is 16.9 Å². The Morgan fingerprint density at radius 1 is 1.07 bits per heavy atom. The lowest BCUT2D eigenvalue weighted by Gasteiger charge is -2.18. The fourth-order valence-electron chi connectivity index (χ4n) is 3.19. The van der Waals surface area contributed by atoms with Gasteiger partial charge in [-0.15, -0.1) is 0 Å². The van der Waals surface area contributed by atoms with Gasteiger partial charge in [0.15, 0.2) is 0 Å².